The summed E-state index contributed by atoms with van der Waals surface area (Å²) in [6.07, 6.45) is 0.625. The van der Waals surface area contributed by atoms with Crippen LogP contribution in [0.3, 0.4) is 0 Å². The van der Waals surface area contributed by atoms with Crippen molar-refractivity contribution < 1.29 is 9.13 Å². The number of halogens is 1. The standard InChI is InChI=1S/C18H22FNO/c1-13(2)21-17-10-5-4-9-16(17)18(3,20)12-14-7-6-8-15(19)11-14/h4-11,13H,12,20H2,1-3H3. The van der Waals surface area contributed by atoms with Gasteiger partial charge in [-0.15, -0.1) is 0 Å². The van der Waals surface area contributed by atoms with Crippen LogP contribution in [-0.4, -0.2) is 6.10 Å². The van der Waals surface area contributed by atoms with Gasteiger partial charge in [-0.05, 0) is 51.0 Å². The summed E-state index contributed by atoms with van der Waals surface area (Å²) in [5.41, 5.74) is 7.68. The van der Waals surface area contributed by atoms with Crippen LogP contribution >= 0.6 is 0 Å². The van der Waals surface area contributed by atoms with E-state index in [1.807, 2.05) is 51.1 Å². The highest BCUT2D eigenvalue weighted by Gasteiger charge is 2.25. The average molecular weight is 287 g/mol. The van der Waals surface area contributed by atoms with E-state index in [9.17, 15) is 4.39 Å². The second-order valence-electron chi connectivity index (χ2n) is 5.89. The predicted octanol–water partition coefficient (Wildman–Crippen LogP) is 4.03. The van der Waals surface area contributed by atoms with Gasteiger partial charge >= 0.3 is 0 Å². The summed E-state index contributed by atoms with van der Waals surface area (Å²) in [6.45, 7) is 5.91. The molecule has 0 spiro atoms. The first-order valence-electron chi connectivity index (χ1n) is 7.18. The molecular formula is C18H22FNO. The van der Waals surface area contributed by atoms with Crippen molar-refractivity contribution in [1.29, 1.82) is 0 Å². The normalized spacial score (nSPS) is 14.0. The second kappa shape index (κ2) is 6.27. The van der Waals surface area contributed by atoms with E-state index in [0.717, 1.165) is 16.9 Å². The Morgan fingerprint density at radius 1 is 1.14 bits per heavy atom. The molecule has 1 atom stereocenters. The van der Waals surface area contributed by atoms with Gasteiger partial charge in [0, 0.05) is 11.1 Å². The number of hydrogen-bond acceptors (Lipinski definition) is 2. The number of ether oxygens (including phenoxy) is 1. The molecule has 2 aromatic rings. The Kier molecular flexibility index (Phi) is 4.63. The van der Waals surface area contributed by atoms with Crippen molar-refractivity contribution in [3.8, 4) is 5.75 Å². The third-order valence-corrected chi connectivity index (χ3v) is 3.33. The van der Waals surface area contributed by atoms with E-state index in [4.69, 9.17) is 10.5 Å². The summed E-state index contributed by atoms with van der Waals surface area (Å²) in [7, 11) is 0. The molecule has 0 saturated carbocycles. The van der Waals surface area contributed by atoms with Gasteiger partial charge in [0.25, 0.3) is 0 Å². The van der Waals surface area contributed by atoms with Crippen LogP contribution in [0.15, 0.2) is 48.5 Å². The average Bonchev–Trinajstić information content (AvgIpc) is 2.37. The van der Waals surface area contributed by atoms with E-state index in [1.54, 1.807) is 6.07 Å². The molecular weight excluding hydrogens is 265 g/mol. The van der Waals surface area contributed by atoms with Gasteiger partial charge in [0.1, 0.15) is 11.6 Å². The topological polar surface area (TPSA) is 35.2 Å². The molecule has 0 aliphatic carbocycles. The van der Waals surface area contributed by atoms with Crippen molar-refractivity contribution in [3.63, 3.8) is 0 Å². The van der Waals surface area contributed by atoms with Crippen molar-refractivity contribution in [2.45, 2.75) is 38.8 Å². The Morgan fingerprint density at radius 2 is 1.86 bits per heavy atom. The molecule has 0 heterocycles. The Morgan fingerprint density at radius 3 is 2.52 bits per heavy atom. The first-order chi connectivity index (χ1) is 9.88. The molecule has 2 rings (SSSR count). The minimum Gasteiger partial charge on any atom is -0.491 e. The maximum absolute atomic E-state index is 13.3. The van der Waals surface area contributed by atoms with Crippen LogP contribution in [0.1, 0.15) is 31.9 Å². The molecule has 0 bridgehead atoms. The zero-order valence-corrected chi connectivity index (χ0v) is 12.8. The molecule has 0 radical (unpaired) electrons. The molecule has 21 heavy (non-hydrogen) atoms. The molecule has 2 aromatic carbocycles. The van der Waals surface area contributed by atoms with Crippen LogP contribution < -0.4 is 10.5 Å². The Labute approximate surface area is 125 Å². The molecule has 2 nitrogen and oxygen atoms in total. The lowest BCUT2D eigenvalue weighted by Crippen LogP contribution is -2.36. The minimum atomic E-state index is -0.626. The molecule has 0 saturated heterocycles. The molecule has 0 aliphatic heterocycles. The first-order valence-corrected chi connectivity index (χ1v) is 7.18. The first kappa shape index (κ1) is 15.5. The van der Waals surface area contributed by atoms with Gasteiger partial charge < -0.3 is 10.5 Å². The molecule has 1 unspecified atom stereocenters. The number of benzene rings is 2. The lowest BCUT2D eigenvalue weighted by atomic mass is 9.86. The highest BCUT2D eigenvalue weighted by Crippen LogP contribution is 2.31. The Balaban J connectivity index is 2.30. The van der Waals surface area contributed by atoms with E-state index < -0.39 is 5.54 Å². The van der Waals surface area contributed by atoms with Crippen LogP contribution in [0.4, 0.5) is 4.39 Å². The number of nitrogens with two attached hydrogens (primary N) is 1. The van der Waals surface area contributed by atoms with Crippen LogP contribution in [0.25, 0.3) is 0 Å². The Bertz CT molecular complexity index is 608. The lowest BCUT2D eigenvalue weighted by molar-refractivity contribution is 0.235. The van der Waals surface area contributed by atoms with Gasteiger partial charge in [-0.3, -0.25) is 0 Å². The fourth-order valence-corrected chi connectivity index (χ4v) is 2.46. The fraction of sp³-hybridized carbons (Fsp3) is 0.333. The third-order valence-electron chi connectivity index (χ3n) is 3.33. The number of rotatable bonds is 5. The largest absolute Gasteiger partial charge is 0.491 e. The molecule has 0 amide bonds. The van der Waals surface area contributed by atoms with Gasteiger partial charge in [-0.25, -0.2) is 4.39 Å². The predicted molar refractivity (Wildman–Crippen MR) is 83.8 cm³/mol. The van der Waals surface area contributed by atoms with E-state index >= 15 is 0 Å². The van der Waals surface area contributed by atoms with Gasteiger partial charge in [0.05, 0.1) is 6.10 Å². The SMILES string of the molecule is CC(C)Oc1ccccc1C(C)(N)Cc1cccc(F)c1. The van der Waals surface area contributed by atoms with Crippen LogP contribution in [-0.2, 0) is 12.0 Å². The molecule has 2 N–H and O–H groups in total. The summed E-state index contributed by atoms with van der Waals surface area (Å²) in [5.74, 6) is 0.545. The summed E-state index contributed by atoms with van der Waals surface area (Å²) >= 11 is 0. The van der Waals surface area contributed by atoms with E-state index in [2.05, 4.69) is 0 Å². The minimum absolute atomic E-state index is 0.0797. The lowest BCUT2D eigenvalue weighted by Gasteiger charge is -2.28. The van der Waals surface area contributed by atoms with E-state index in [1.165, 1.54) is 12.1 Å². The van der Waals surface area contributed by atoms with Crippen molar-refractivity contribution in [2.24, 2.45) is 5.73 Å². The maximum Gasteiger partial charge on any atom is 0.124 e. The number of para-hydroxylation sites is 1. The van der Waals surface area contributed by atoms with Crippen LogP contribution in [0.2, 0.25) is 0 Å². The van der Waals surface area contributed by atoms with Gasteiger partial charge in [0.2, 0.25) is 0 Å². The molecule has 112 valence electrons. The van der Waals surface area contributed by atoms with Gasteiger partial charge in [-0.1, -0.05) is 30.3 Å². The van der Waals surface area contributed by atoms with Crippen LogP contribution in [0.5, 0.6) is 5.75 Å². The van der Waals surface area contributed by atoms with Crippen molar-refractivity contribution in [1.82, 2.24) is 0 Å². The monoisotopic (exact) mass is 287 g/mol. The van der Waals surface area contributed by atoms with E-state index in [-0.39, 0.29) is 11.9 Å². The number of hydrogen-bond donors (Lipinski definition) is 1. The zero-order chi connectivity index (χ0) is 15.5. The second-order valence-corrected chi connectivity index (χ2v) is 5.89. The fourth-order valence-electron chi connectivity index (χ4n) is 2.46. The molecule has 0 aliphatic rings. The summed E-state index contributed by atoms with van der Waals surface area (Å²) < 4.78 is 19.2. The van der Waals surface area contributed by atoms with Crippen molar-refractivity contribution in [3.05, 3.63) is 65.5 Å². The molecule has 0 fully saturated rings. The summed E-state index contributed by atoms with van der Waals surface area (Å²) in [4.78, 5) is 0. The highest BCUT2D eigenvalue weighted by molar-refractivity contribution is 5.40. The smallest absolute Gasteiger partial charge is 0.124 e. The Hall–Kier alpha value is -1.87. The van der Waals surface area contributed by atoms with Crippen LogP contribution in [0, 0.1) is 5.82 Å². The van der Waals surface area contributed by atoms with Crippen molar-refractivity contribution in [2.75, 3.05) is 0 Å². The third kappa shape index (κ3) is 4.05. The van der Waals surface area contributed by atoms with E-state index in [0.29, 0.717) is 6.42 Å². The maximum atomic E-state index is 13.3. The summed E-state index contributed by atoms with van der Waals surface area (Å²) in [6, 6.07) is 14.3. The molecule has 3 heteroatoms. The highest BCUT2D eigenvalue weighted by atomic mass is 19.1. The molecule has 0 aromatic heterocycles. The van der Waals surface area contributed by atoms with Crippen molar-refractivity contribution >= 4 is 0 Å². The zero-order valence-electron chi connectivity index (χ0n) is 12.8. The van der Waals surface area contributed by atoms with Gasteiger partial charge in [0.15, 0.2) is 0 Å². The van der Waals surface area contributed by atoms with Gasteiger partial charge in [-0.2, -0.15) is 0 Å². The summed E-state index contributed by atoms with van der Waals surface area (Å²) in [5, 5.41) is 0. The quantitative estimate of drug-likeness (QED) is 0.901.